The van der Waals surface area contributed by atoms with Crippen molar-refractivity contribution in [2.75, 3.05) is 20.3 Å². The zero-order valence-corrected chi connectivity index (χ0v) is 41.3. The maximum Gasteiger partial charge on any atom is 0.331 e. The van der Waals surface area contributed by atoms with E-state index in [1.165, 1.54) is 19.3 Å². The second-order valence-electron chi connectivity index (χ2n) is 24.6. The molecule has 0 aromatic heterocycles. The van der Waals surface area contributed by atoms with Gasteiger partial charge in [0.15, 0.2) is 12.4 Å². The van der Waals surface area contributed by atoms with Crippen molar-refractivity contribution in [1.29, 1.82) is 0 Å². The molecule has 8 aliphatic carbocycles. The topological polar surface area (TPSA) is 274 Å². The fourth-order valence-corrected chi connectivity index (χ4v) is 18.6. The number of carbonyl (C=O) groups excluding carboxylic acids is 4. The summed E-state index contributed by atoms with van der Waals surface area (Å²) in [7, 11) is 1.42. The second-order valence-corrected chi connectivity index (χ2v) is 24.6. The monoisotopic (exact) mass is 998 g/mol. The first-order valence-corrected chi connectivity index (χ1v) is 26.4. The first kappa shape index (κ1) is 50.4. The Bertz CT molecular complexity index is 2240. The fourth-order valence-electron chi connectivity index (χ4n) is 18.6. The average molecular weight is 999 g/mol. The van der Waals surface area contributed by atoms with Crippen molar-refractivity contribution < 1.29 is 88.4 Å². The van der Waals surface area contributed by atoms with E-state index in [1.807, 2.05) is 13.8 Å². The number of carbonyl (C=O) groups is 4. The molecular formula is C53H74O18. The van der Waals surface area contributed by atoms with Crippen molar-refractivity contribution in [2.45, 2.75) is 201 Å². The number of hydrogen-bond donors (Lipinski definition) is 7. The van der Waals surface area contributed by atoms with Crippen LogP contribution in [0.3, 0.4) is 0 Å². The van der Waals surface area contributed by atoms with Crippen LogP contribution in [0, 0.1) is 57.2 Å². The summed E-state index contributed by atoms with van der Waals surface area (Å²) in [5, 5.41) is 86.1. The van der Waals surface area contributed by atoms with Crippen molar-refractivity contribution in [1.82, 2.24) is 0 Å². The molecule has 0 bridgehead atoms. The van der Waals surface area contributed by atoms with Crippen LogP contribution in [0.25, 0.3) is 0 Å². The Hall–Kier alpha value is -2.72. The molecule has 11 aliphatic rings. The minimum absolute atomic E-state index is 0.0193. The van der Waals surface area contributed by atoms with Gasteiger partial charge in [0.25, 0.3) is 0 Å². The molecule has 8 saturated carbocycles. The number of esters is 2. The summed E-state index contributed by atoms with van der Waals surface area (Å²) in [4.78, 5) is 63.3. The molecule has 1 saturated heterocycles. The van der Waals surface area contributed by atoms with E-state index in [0.717, 1.165) is 23.7 Å². The van der Waals surface area contributed by atoms with Crippen molar-refractivity contribution in [3.63, 3.8) is 0 Å². The lowest BCUT2D eigenvalue weighted by Gasteiger charge is -2.66. The summed E-state index contributed by atoms with van der Waals surface area (Å²) >= 11 is 0. The highest BCUT2D eigenvalue weighted by Crippen LogP contribution is 2.72. The predicted molar refractivity (Wildman–Crippen MR) is 244 cm³/mol. The summed E-state index contributed by atoms with van der Waals surface area (Å²) in [5.74, 6) is -3.23. The summed E-state index contributed by atoms with van der Waals surface area (Å²) < 4.78 is 29.2. The maximum absolute atomic E-state index is 13.5. The van der Waals surface area contributed by atoms with Gasteiger partial charge in [0.1, 0.15) is 38.0 Å². The maximum atomic E-state index is 13.5. The van der Waals surface area contributed by atoms with Gasteiger partial charge in [0.05, 0.1) is 63.8 Å². The third-order valence-corrected chi connectivity index (χ3v) is 22.5. The van der Waals surface area contributed by atoms with Crippen LogP contribution in [0.4, 0.5) is 0 Å². The van der Waals surface area contributed by atoms with E-state index in [2.05, 4.69) is 0 Å². The first-order valence-electron chi connectivity index (χ1n) is 26.4. The smallest absolute Gasteiger partial charge is 0.331 e. The quantitative estimate of drug-likeness (QED) is 0.0544. The van der Waals surface area contributed by atoms with E-state index >= 15 is 0 Å². The number of methoxy groups -OCH3 is 1. The van der Waals surface area contributed by atoms with E-state index in [9.17, 15) is 54.9 Å². The van der Waals surface area contributed by atoms with E-state index in [4.69, 9.17) is 33.5 Å². The molecule has 394 valence electrons. The highest BCUT2D eigenvalue weighted by molar-refractivity contribution is 5.86. The minimum atomic E-state index is -1.56. The molecule has 0 aromatic carbocycles. The van der Waals surface area contributed by atoms with E-state index in [0.29, 0.717) is 51.4 Å². The van der Waals surface area contributed by atoms with Crippen LogP contribution in [0.5, 0.6) is 0 Å². The zero-order chi connectivity index (χ0) is 50.5. The number of fused-ring (bicyclic) bond motifs is 10. The van der Waals surface area contributed by atoms with Gasteiger partial charge in [0, 0.05) is 42.9 Å². The van der Waals surface area contributed by atoms with Gasteiger partial charge in [-0.2, -0.15) is 0 Å². The SMILES string of the molecule is COC1C(OC2CCC3(C=O)C4CC(O)C5(C)[C@@H](C6=CC(=O)OC6)CC[C@]5(O)C4CC[C@]3(O)C2)OC(C)C(O)C1OO[C@H]1CC[C@]2(C=O)C3C[C@@H](O)[C@]4(C)[C@@H](C5=CC(=O)OC5)CC[C@]4(O)C3CC[C@]2(O)C1. The van der Waals surface area contributed by atoms with E-state index in [1.54, 1.807) is 6.92 Å². The largest absolute Gasteiger partial charge is 0.458 e. The van der Waals surface area contributed by atoms with Crippen LogP contribution >= 0.6 is 0 Å². The molecular weight excluding hydrogens is 925 g/mol. The number of hydrogen-bond acceptors (Lipinski definition) is 18. The van der Waals surface area contributed by atoms with E-state index in [-0.39, 0.29) is 88.3 Å². The Morgan fingerprint density at radius 2 is 1.10 bits per heavy atom. The lowest BCUT2D eigenvalue weighted by Crippen LogP contribution is -2.71. The van der Waals surface area contributed by atoms with Gasteiger partial charge in [-0.05, 0) is 143 Å². The molecule has 71 heavy (non-hydrogen) atoms. The van der Waals surface area contributed by atoms with Crippen molar-refractivity contribution >= 4 is 24.5 Å². The van der Waals surface area contributed by atoms with Crippen LogP contribution in [0.1, 0.15) is 124 Å². The molecule has 23 atom stereocenters. The molecule has 18 nitrogen and oxygen atoms in total. The molecule has 3 heterocycles. The van der Waals surface area contributed by atoms with Gasteiger partial charge in [-0.3, -0.25) is 0 Å². The standard InChI is InChI=1S/C53H74O18/c1-27-42(60)43(71-70-31-6-12-49(26-55)37-20-39(57)47(3)33(29-18-41(59)67-24-29)10-16-53(47,64)35(37)8-14-51(49,62)22-31)44(65-4)45(68-27)69-30-5-11-48(25-54)36-19-38(56)46(2)32(28-17-40(58)66-23-28)9-15-52(46,63)34(36)7-13-50(48,61)21-30/h17-18,25-27,30-39,42-45,56-57,60-64H,5-16,19-24H2,1-4H3/t27?,30?,31-,32+,33+,34?,35?,36?,37?,38?,39+,42?,43?,44?,45?,46?,47-,48?,49-,50-,51-,52-,53-/m0/s1. The normalized spacial score (nSPS) is 55.3. The first-order chi connectivity index (χ1) is 33.6. The van der Waals surface area contributed by atoms with Crippen molar-refractivity contribution in [3.05, 3.63) is 23.3 Å². The minimum Gasteiger partial charge on any atom is -0.458 e. The Balaban J connectivity index is 0.755. The Kier molecular flexibility index (Phi) is 12.2. The Morgan fingerprint density at radius 3 is 1.55 bits per heavy atom. The van der Waals surface area contributed by atoms with Gasteiger partial charge in [-0.25, -0.2) is 19.4 Å². The number of aldehydes is 2. The van der Waals surface area contributed by atoms with Gasteiger partial charge >= 0.3 is 11.9 Å². The molecule has 13 unspecified atom stereocenters. The van der Waals surface area contributed by atoms with E-state index < -0.39 is 123 Å². The third kappa shape index (κ3) is 6.74. The van der Waals surface area contributed by atoms with Crippen molar-refractivity contribution in [3.8, 4) is 0 Å². The zero-order valence-electron chi connectivity index (χ0n) is 41.3. The summed E-state index contributed by atoms with van der Waals surface area (Å²) in [6, 6.07) is 0. The molecule has 0 amide bonds. The molecule has 9 fully saturated rings. The summed E-state index contributed by atoms with van der Waals surface area (Å²) in [5.41, 5.74) is -8.80. The molecule has 0 radical (unpaired) electrons. The van der Waals surface area contributed by atoms with Gasteiger partial charge < -0.3 is 69.0 Å². The van der Waals surface area contributed by atoms with Crippen LogP contribution in [0.15, 0.2) is 23.3 Å². The lowest BCUT2D eigenvalue weighted by molar-refractivity contribution is -0.422. The number of aliphatic hydroxyl groups is 7. The molecule has 0 aromatic rings. The summed E-state index contributed by atoms with van der Waals surface area (Å²) in [6.07, 6.45) is 0.511. The number of rotatable bonds is 10. The summed E-state index contributed by atoms with van der Waals surface area (Å²) in [6.45, 7) is 5.68. The molecule has 7 N–H and O–H groups in total. The van der Waals surface area contributed by atoms with Gasteiger partial charge in [-0.1, -0.05) is 13.8 Å². The molecule has 0 spiro atoms. The fraction of sp³-hybridized carbons (Fsp3) is 0.849. The number of cyclic esters (lactones) is 2. The average Bonchev–Trinajstić information content (AvgIpc) is 4.10. The number of ether oxygens (including phenoxy) is 5. The van der Waals surface area contributed by atoms with Crippen LogP contribution in [-0.2, 0) is 52.6 Å². The second kappa shape index (κ2) is 17.1. The van der Waals surface area contributed by atoms with Crippen LogP contribution < -0.4 is 0 Å². The van der Waals surface area contributed by atoms with Gasteiger partial charge in [0.2, 0.25) is 0 Å². The molecule has 3 aliphatic heterocycles. The highest BCUT2D eigenvalue weighted by Gasteiger charge is 2.76. The third-order valence-electron chi connectivity index (χ3n) is 22.5. The molecule has 18 heteroatoms. The number of aliphatic hydroxyl groups excluding tert-OH is 3. The predicted octanol–water partition coefficient (Wildman–Crippen LogP) is 2.22. The molecule has 11 rings (SSSR count). The highest BCUT2D eigenvalue weighted by atomic mass is 17.2. The Morgan fingerprint density at radius 1 is 0.620 bits per heavy atom. The lowest BCUT2D eigenvalue weighted by atomic mass is 9.41. The van der Waals surface area contributed by atoms with Crippen LogP contribution in [-0.4, -0.2) is 158 Å². The van der Waals surface area contributed by atoms with Crippen LogP contribution in [0.2, 0.25) is 0 Å². The van der Waals surface area contributed by atoms with Crippen molar-refractivity contribution in [2.24, 2.45) is 57.2 Å². The Labute approximate surface area is 413 Å². The van der Waals surface area contributed by atoms with Gasteiger partial charge in [-0.15, -0.1) is 0 Å².